The molecule has 134 valence electrons. The van der Waals surface area contributed by atoms with Gasteiger partial charge in [-0.3, -0.25) is 19.4 Å². The summed E-state index contributed by atoms with van der Waals surface area (Å²) in [6.45, 7) is 1.70. The first kappa shape index (κ1) is 17.4. The molecule has 1 atom stereocenters. The van der Waals surface area contributed by atoms with Crippen LogP contribution in [-0.4, -0.2) is 28.8 Å². The number of carbonyl (C=O) groups excluding carboxylic acids is 3. The Kier molecular flexibility index (Phi) is 4.76. The normalized spacial score (nSPS) is 20.5. The van der Waals surface area contributed by atoms with Crippen molar-refractivity contribution in [3.63, 3.8) is 0 Å². The monoisotopic (exact) mass is 344 g/mol. The average Bonchev–Trinajstić information content (AvgIpc) is 2.92. The maximum Gasteiger partial charge on any atom is 0.256 e. The van der Waals surface area contributed by atoms with E-state index in [2.05, 4.69) is 0 Å². The molecule has 3 rings (SSSR count). The Hall–Kier alpha value is -2.41. The SMILES string of the molecule is CCC(=O)N(N)C1C(=O)N(C2CCCCC2)c2c(C(N)=O)cccc21. The molecule has 0 bridgehead atoms. The van der Waals surface area contributed by atoms with Crippen LogP contribution in [0.2, 0.25) is 0 Å². The number of hydrazine groups is 1. The quantitative estimate of drug-likeness (QED) is 0.491. The first-order chi connectivity index (χ1) is 12.0. The van der Waals surface area contributed by atoms with Gasteiger partial charge in [0, 0.05) is 18.0 Å². The van der Waals surface area contributed by atoms with E-state index in [9.17, 15) is 14.4 Å². The van der Waals surface area contributed by atoms with Gasteiger partial charge >= 0.3 is 0 Å². The number of hydrogen-bond donors (Lipinski definition) is 2. The zero-order chi connectivity index (χ0) is 18.1. The third-order valence-corrected chi connectivity index (χ3v) is 5.15. The van der Waals surface area contributed by atoms with E-state index in [1.54, 1.807) is 30.0 Å². The lowest BCUT2D eigenvalue weighted by Crippen LogP contribution is -2.47. The second kappa shape index (κ2) is 6.84. The minimum Gasteiger partial charge on any atom is -0.366 e. The molecule has 3 amide bonds. The van der Waals surface area contributed by atoms with Crippen LogP contribution in [0.4, 0.5) is 5.69 Å². The summed E-state index contributed by atoms with van der Waals surface area (Å²) in [6, 6.07) is 4.15. The van der Waals surface area contributed by atoms with Crippen LogP contribution in [0.15, 0.2) is 18.2 Å². The molecule has 25 heavy (non-hydrogen) atoms. The number of para-hydroxylation sites is 1. The molecular formula is C18H24N4O3. The molecule has 7 heteroatoms. The van der Waals surface area contributed by atoms with Crippen LogP contribution in [0.1, 0.15) is 67.4 Å². The van der Waals surface area contributed by atoms with E-state index < -0.39 is 11.9 Å². The maximum absolute atomic E-state index is 13.2. The zero-order valence-corrected chi connectivity index (χ0v) is 14.4. The predicted molar refractivity (Wildman–Crippen MR) is 93.4 cm³/mol. The highest BCUT2D eigenvalue weighted by atomic mass is 16.2. The molecule has 1 aromatic carbocycles. The highest BCUT2D eigenvalue weighted by Gasteiger charge is 2.46. The average molecular weight is 344 g/mol. The number of anilines is 1. The predicted octanol–water partition coefficient (Wildman–Crippen LogP) is 1.62. The van der Waals surface area contributed by atoms with Gasteiger partial charge in [0.25, 0.3) is 11.8 Å². The molecule has 1 aliphatic carbocycles. The van der Waals surface area contributed by atoms with Crippen molar-refractivity contribution in [2.45, 2.75) is 57.5 Å². The summed E-state index contributed by atoms with van der Waals surface area (Å²) in [5.74, 6) is 4.82. The Labute approximate surface area is 146 Å². The summed E-state index contributed by atoms with van der Waals surface area (Å²) in [5, 5.41) is 0.995. The lowest BCUT2D eigenvalue weighted by Gasteiger charge is -2.33. The first-order valence-corrected chi connectivity index (χ1v) is 8.79. The van der Waals surface area contributed by atoms with Crippen molar-refractivity contribution in [3.05, 3.63) is 29.3 Å². The third-order valence-electron chi connectivity index (χ3n) is 5.15. The fourth-order valence-electron chi connectivity index (χ4n) is 3.92. The molecule has 1 aliphatic heterocycles. The van der Waals surface area contributed by atoms with Gasteiger partial charge in [0.15, 0.2) is 6.04 Å². The summed E-state index contributed by atoms with van der Waals surface area (Å²) >= 11 is 0. The van der Waals surface area contributed by atoms with Gasteiger partial charge in [0.2, 0.25) is 5.91 Å². The number of primary amides is 1. The van der Waals surface area contributed by atoms with E-state index >= 15 is 0 Å². The summed E-state index contributed by atoms with van der Waals surface area (Å²) in [7, 11) is 0. The lowest BCUT2D eigenvalue weighted by molar-refractivity contribution is -0.139. The molecule has 1 fully saturated rings. The number of rotatable bonds is 4. The largest absolute Gasteiger partial charge is 0.366 e. The summed E-state index contributed by atoms with van der Waals surface area (Å²) in [4.78, 5) is 38.9. The van der Waals surface area contributed by atoms with E-state index in [4.69, 9.17) is 11.6 Å². The van der Waals surface area contributed by atoms with Crippen molar-refractivity contribution >= 4 is 23.4 Å². The van der Waals surface area contributed by atoms with E-state index in [1.165, 1.54) is 0 Å². The molecule has 1 aromatic rings. The van der Waals surface area contributed by atoms with Crippen molar-refractivity contribution in [1.29, 1.82) is 0 Å². The van der Waals surface area contributed by atoms with Crippen LogP contribution < -0.4 is 16.5 Å². The lowest BCUT2D eigenvalue weighted by atomic mass is 9.93. The van der Waals surface area contributed by atoms with Crippen LogP contribution in [0.3, 0.4) is 0 Å². The maximum atomic E-state index is 13.2. The summed E-state index contributed by atoms with van der Waals surface area (Å²) in [5.41, 5.74) is 6.95. The second-order valence-corrected chi connectivity index (χ2v) is 6.66. The number of nitrogens with two attached hydrogens (primary N) is 2. The molecule has 1 unspecified atom stereocenters. The molecule has 1 saturated carbocycles. The van der Waals surface area contributed by atoms with Gasteiger partial charge in [-0.2, -0.15) is 0 Å². The number of nitrogens with zero attached hydrogens (tertiary/aromatic N) is 2. The highest BCUT2D eigenvalue weighted by molar-refractivity contribution is 6.12. The number of hydrogen-bond acceptors (Lipinski definition) is 4. The van der Waals surface area contributed by atoms with Crippen molar-refractivity contribution in [2.24, 2.45) is 11.6 Å². The Morgan fingerprint density at radius 1 is 1.24 bits per heavy atom. The van der Waals surface area contributed by atoms with Gasteiger partial charge in [0.1, 0.15) is 0 Å². The molecule has 0 radical (unpaired) electrons. The molecule has 0 aromatic heterocycles. The minimum absolute atomic E-state index is 0.00984. The van der Waals surface area contributed by atoms with Crippen LogP contribution >= 0.6 is 0 Å². The summed E-state index contributed by atoms with van der Waals surface area (Å²) in [6.07, 6.45) is 5.16. The second-order valence-electron chi connectivity index (χ2n) is 6.66. The number of amides is 3. The van der Waals surface area contributed by atoms with E-state index in [0.717, 1.165) is 37.1 Å². The highest BCUT2D eigenvalue weighted by Crippen LogP contribution is 2.44. The zero-order valence-electron chi connectivity index (χ0n) is 14.4. The molecule has 0 spiro atoms. The van der Waals surface area contributed by atoms with Crippen molar-refractivity contribution in [3.8, 4) is 0 Å². The smallest absolute Gasteiger partial charge is 0.256 e. The topological polar surface area (TPSA) is 110 Å². The van der Waals surface area contributed by atoms with Crippen molar-refractivity contribution in [2.75, 3.05) is 4.90 Å². The Morgan fingerprint density at radius 3 is 2.52 bits per heavy atom. The molecular weight excluding hydrogens is 320 g/mol. The Morgan fingerprint density at radius 2 is 1.92 bits per heavy atom. The first-order valence-electron chi connectivity index (χ1n) is 8.79. The van der Waals surface area contributed by atoms with Crippen molar-refractivity contribution < 1.29 is 14.4 Å². The van der Waals surface area contributed by atoms with Gasteiger partial charge in [-0.25, -0.2) is 5.84 Å². The fourth-order valence-corrected chi connectivity index (χ4v) is 3.92. The van der Waals surface area contributed by atoms with Crippen LogP contribution in [0, 0.1) is 0 Å². The van der Waals surface area contributed by atoms with Crippen molar-refractivity contribution in [1.82, 2.24) is 5.01 Å². The van der Waals surface area contributed by atoms with Crippen LogP contribution in [-0.2, 0) is 9.59 Å². The third kappa shape index (κ3) is 2.89. The molecule has 7 nitrogen and oxygen atoms in total. The van der Waals surface area contributed by atoms with E-state index in [1.807, 2.05) is 0 Å². The van der Waals surface area contributed by atoms with Gasteiger partial charge < -0.3 is 10.6 Å². The van der Waals surface area contributed by atoms with E-state index in [-0.39, 0.29) is 24.3 Å². The number of benzene rings is 1. The van der Waals surface area contributed by atoms with Gasteiger partial charge in [0.05, 0.1) is 11.3 Å². The Bertz CT molecular complexity index is 712. The number of carbonyl (C=O) groups is 3. The molecule has 1 heterocycles. The molecule has 2 aliphatic rings. The van der Waals surface area contributed by atoms with Crippen LogP contribution in [0.5, 0.6) is 0 Å². The summed E-state index contributed by atoms with van der Waals surface area (Å²) < 4.78 is 0. The standard InChI is InChI=1S/C18H24N4O3/c1-2-14(23)22(20)16-12-9-6-10-13(17(19)24)15(12)21(18(16)25)11-7-4-3-5-8-11/h6,9-11,16H,2-5,7-8,20H2,1H3,(H2,19,24). The van der Waals surface area contributed by atoms with Crippen LogP contribution in [0.25, 0.3) is 0 Å². The Balaban J connectivity index is 2.11. The number of fused-ring (bicyclic) bond motifs is 1. The fraction of sp³-hybridized carbons (Fsp3) is 0.500. The van der Waals surface area contributed by atoms with Gasteiger partial charge in [-0.05, 0) is 18.9 Å². The minimum atomic E-state index is -0.899. The molecule has 0 saturated heterocycles. The van der Waals surface area contributed by atoms with Gasteiger partial charge in [-0.15, -0.1) is 0 Å². The van der Waals surface area contributed by atoms with Gasteiger partial charge in [-0.1, -0.05) is 38.3 Å². The molecule has 4 N–H and O–H groups in total. The van der Waals surface area contributed by atoms with E-state index in [0.29, 0.717) is 16.8 Å².